The molecule has 0 atom stereocenters. The number of amides is 1. The lowest BCUT2D eigenvalue weighted by Gasteiger charge is -2.20. The van der Waals surface area contributed by atoms with E-state index in [4.69, 9.17) is 0 Å². The topological polar surface area (TPSA) is 66.5 Å². The summed E-state index contributed by atoms with van der Waals surface area (Å²) in [5, 5.41) is 0. The molecule has 22 heavy (non-hydrogen) atoms. The van der Waals surface area contributed by atoms with E-state index in [9.17, 15) is 13.2 Å². The van der Waals surface area contributed by atoms with Crippen LogP contribution in [-0.4, -0.2) is 38.9 Å². The zero-order valence-electron chi connectivity index (χ0n) is 12.6. The molecule has 5 nitrogen and oxygen atoms in total. The number of hydrogen-bond donors (Lipinski definition) is 1. The van der Waals surface area contributed by atoms with Gasteiger partial charge in [0.1, 0.15) is 0 Å². The highest BCUT2D eigenvalue weighted by Gasteiger charge is 2.18. The summed E-state index contributed by atoms with van der Waals surface area (Å²) in [4.78, 5) is 14.4. The molecule has 120 valence electrons. The Morgan fingerprint density at radius 1 is 1.14 bits per heavy atom. The van der Waals surface area contributed by atoms with Crippen molar-refractivity contribution in [3.8, 4) is 0 Å². The molecule has 0 unspecified atom stereocenters. The molecule has 1 fully saturated rings. The van der Waals surface area contributed by atoms with Crippen LogP contribution in [0.3, 0.4) is 0 Å². The van der Waals surface area contributed by atoms with E-state index < -0.39 is 10.0 Å². The Balaban J connectivity index is 2.10. The monoisotopic (exact) mass is 322 g/mol. The van der Waals surface area contributed by atoms with E-state index in [2.05, 4.69) is 11.3 Å². The molecule has 0 aliphatic carbocycles. The van der Waals surface area contributed by atoms with E-state index in [-0.39, 0.29) is 17.3 Å². The van der Waals surface area contributed by atoms with Gasteiger partial charge in [-0.15, -0.1) is 6.58 Å². The molecule has 2 rings (SSSR count). The summed E-state index contributed by atoms with van der Waals surface area (Å²) >= 11 is 0. The van der Waals surface area contributed by atoms with Crippen molar-refractivity contribution in [1.82, 2.24) is 9.62 Å². The summed E-state index contributed by atoms with van der Waals surface area (Å²) in [6.45, 7) is 5.21. The third-order valence-corrected chi connectivity index (χ3v) is 5.16. The van der Waals surface area contributed by atoms with Gasteiger partial charge < -0.3 is 4.90 Å². The lowest BCUT2D eigenvalue weighted by atomic mass is 10.2. The zero-order chi connectivity index (χ0) is 16.0. The van der Waals surface area contributed by atoms with Gasteiger partial charge in [0.05, 0.1) is 4.90 Å². The lowest BCUT2D eigenvalue weighted by molar-refractivity contribution is 0.0761. The van der Waals surface area contributed by atoms with Crippen LogP contribution in [0.4, 0.5) is 0 Å². The number of benzene rings is 1. The molecule has 1 aromatic rings. The van der Waals surface area contributed by atoms with Gasteiger partial charge >= 0.3 is 0 Å². The van der Waals surface area contributed by atoms with Crippen LogP contribution in [0.25, 0.3) is 0 Å². The maximum absolute atomic E-state index is 12.4. The fourth-order valence-electron chi connectivity index (χ4n) is 2.48. The Morgan fingerprint density at radius 2 is 1.73 bits per heavy atom. The molecule has 0 saturated carbocycles. The summed E-state index contributed by atoms with van der Waals surface area (Å²) in [7, 11) is -3.54. The second-order valence-electron chi connectivity index (χ2n) is 5.37. The minimum atomic E-state index is -3.54. The predicted molar refractivity (Wildman–Crippen MR) is 86.2 cm³/mol. The Hall–Kier alpha value is -1.66. The molecule has 1 heterocycles. The fraction of sp³-hybridized carbons (Fsp3) is 0.438. The van der Waals surface area contributed by atoms with E-state index in [1.54, 1.807) is 12.1 Å². The third-order valence-electron chi connectivity index (χ3n) is 3.72. The van der Waals surface area contributed by atoms with Crippen molar-refractivity contribution in [1.29, 1.82) is 0 Å². The molecule has 1 aromatic carbocycles. The van der Waals surface area contributed by atoms with Gasteiger partial charge in [-0.25, -0.2) is 13.1 Å². The van der Waals surface area contributed by atoms with E-state index in [0.29, 0.717) is 5.56 Å². The van der Waals surface area contributed by atoms with Gasteiger partial charge in [-0.05, 0) is 37.1 Å². The highest BCUT2D eigenvalue weighted by molar-refractivity contribution is 7.89. The Bertz CT molecular complexity index is 615. The number of rotatable bonds is 5. The summed E-state index contributed by atoms with van der Waals surface area (Å²) in [6.07, 6.45) is 5.87. The average Bonchev–Trinajstić information content (AvgIpc) is 2.81. The minimum Gasteiger partial charge on any atom is -0.339 e. The van der Waals surface area contributed by atoms with Crippen LogP contribution in [0.1, 0.15) is 36.0 Å². The summed E-state index contributed by atoms with van der Waals surface area (Å²) in [5.41, 5.74) is 0.532. The Morgan fingerprint density at radius 3 is 2.27 bits per heavy atom. The van der Waals surface area contributed by atoms with Crippen molar-refractivity contribution >= 4 is 15.9 Å². The van der Waals surface area contributed by atoms with Gasteiger partial charge in [0.15, 0.2) is 0 Å². The molecular weight excluding hydrogens is 300 g/mol. The van der Waals surface area contributed by atoms with Crippen LogP contribution in [-0.2, 0) is 10.0 Å². The summed E-state index contributed by atoms with van der Waals surface area (Å²) in [5.74, 6) is -0.0232. The molecule has 1 aliphatic heterocycles. The maximum atomic E-state index is 12.4. The van der Waals surface area contributed by atoms with Gasteiger partial charge in [-0.3, -0.25) is 4.79 Å². The van der Waals surface area contributed by atoms with Gasteiger partial charge in [0, 0.05) is 25.2 Å². The normalized spacial score (nSPS) is 16.1. The molecular formula is C16H22N2O3S. The van der Waals surface area contributed by atoms with Gasteiger partial charge in [0.2, 0.25) is 10.0 Å². The van der Waals surface area contributed by atoms with Crippen LogP contribution in [0.15, 0.2) is 41.8 Å². The predicted octanol–water partition coefficient (Wildman–Crippen LogP) is 2.17. The van der Waals surface area contributed by atoms with E-state index in [1.165, 1.54) is 18.2 Å². The van der Waals surface area contributed by atoms with Gasteiger partial charge in [-0.2, -0.15) is 0 Å². The van der Waals surface area contributed by atoms with Crippen LogP contribution in [0.5, 0.6) is 0 Å². The van der Waals surface area contributed by atoms with Crippen molar-refractivity contribution in [3.63, 3.8) is 0 Å². The number of nitrogens with one attached hydrogen (secondary N) is 1. The first-order chi connectivity index (χ1) is 10.5. The fourth-order valence-corrected chi connectivity index (χ4v) is 3.48. The van der Waals surface area contributed by atoms with Gasteiger partial charge in [0.25, 0.3) is 5.91 Å². The summed E-state index contributed by atoms with van der Waals surface area (Å²) < 4.78 is 26.3. The number of sulfonamides is 1. The average molecular weight is 322 g/mol. The second-order valence-corrected chi connectivity index (χ2v) is 7.14. The molecule has 0 radical (unpaired) electrons. The van der Waals surface area contributed by atoms with Crippen molar-refractivity contribution in [2.45, 2.75) is 30.6 Å². The lowest BCUT2D eigenvalue weighted by Crippen LogP contribution is -2.31. The standard InChI is InChI=1S/C16H22N2O3S/c1-2-11-17-22(20,21)15-9-7-14(8-10-15)16(19)18-12-5-3-4-6-13-18/h2,7-10,17H,1,3-6,11-13H2. The highest BCUT2D eigenvalue weighted by Crippen LogP contribution is 2.15. The largest absolute Gasteiger partial charge is 0.339 e. The smallest absolute Gasteiger partial charge is 0.253 e. The molecule has 1 amide bonds. The SMILES string of the molecule is C=CCNS(=O)(=O)c1ccc(C(=O)N2CCCCCC2)cc1. The number of nitrogens with zero attached hydrogens (tertiary/aromatic N) is 1. The first-order valence-electron chi connectivity index (χ1n) is 7.54. The van der Waals surface area contributed by atoms with Crippen LogP contribution < -0.4 is 4.72 Å². The number of likely N-dealkylation sites (tertiary alicyclic amines) is 1. The first-order valence-corrected chi connectivity index (χ1v) is 9.03. The highest BCUT2D eigenvalue weighted by atomic mass is 32.2. The van der Waals surface area contributed by atoms with Crippen molar-refractivity contribution in [2.24, 2.45) is 0 Å². The van der Waals surface area contributed by atoms with Crippen LogP contribution in [0, 0.1) is 0 Å². The molecule has 1 N–H and O–H groups in total. The van der Waals surface area contributed by atoms with E-state index >= 15 is 0 Å². The zero-order valence-corrected chi connectivity index (χ0v) is 13.4. The van der Waals surface area contributed by atoms with Crippen LogP contribution in [0.2, 0.25) is 0 Å². The number of carbonyl (C=O) groups excluding carboxylic acids is 1. The molecule has 0 aromatic heterocycles. The maximum Gasteiger partial charge on any atom is 0.253 e. The van der Waals surface area contributed by atoms with Crippen LogP contribution >= 0.6 is 0 Å². The second kappa shape index (κ2) is 7.56. The summed E-state index contributed by atoms with van der Waals surface area (Å²) in [6, 6.07) is 6.10. The molecule has 0 bridgehead atoms. The van der Waals surface area contributed by atoms with Crippen molar-refractivity contribution < 1.29 is 13.2 Å². The molecule has 6 heteroatoms. The minimum absolute atomic E-state index is 0.0232. The van der Waals surface area contributed by atoms with E-state index in [1.807, 2.05) is 4.90 Å². The number of carbonyl (C=O) groups is 1. The quantitative estimate of drug-likeness (QED) is 0.845. The Labute approximate surface area is 132 Å². The molecule has 0 spiro atoms. The molecule has 1 saturated heterocycles. The number of hydrogen-bond acceptors (Lipinski definition) is 3. The Kier molecular flexibility index (Phi) is 5.74. The molecule has 1 aliphatic rings. The van der Waals surface area contributed by atoms with Crippen molar-refractivity contribution in [3.05, 3.63) is 42.5 Å². The first kappa shape index (κ1) is 16.7. The van der Waals surface area contributed by atoms with Gasteiger partial charge in [-0.1, -0.05) is 18.9 Å². The van der Waals surface area contributed by atoms with Crippen molar-refractivity contribution in [2.75, 3.05) is 19.6 Å². The third kappa shape index (κ3) is 4.18. The van der Waals surface area contributed by atoms with E-state index in [0.717, 1.165) is 38.8 Å².